The number of benzene rings is 1. The number of nitrogens with zero attached hydrogens (tertiary/aromatic N) is 1. The summed E-state index contributed by atoms with van der Waals surface area (Å²) in [4.78, 5) is 4.14. The molecular formula is C19H22N2O3S. The van der Waals surface area contributed by atoms with Crippen molar-refractivity contribution in [1.29, 1.82) is 0 Å². The summed E-state index contributed by atoms with van der Waals surface area (Å²) in [7, 11) is -3.58. The highest BCUT2D eigenvalue weighted by atomic mass is 32.2. The fourth-order valence-corrected chi connectivity index (χ4v) is 4.09. The molecule has 0 bridgehead atoms. The van der Waals surface area contributed by atoms with Crippen LogP contribution in [0.4, 0.5) is 0 Å². The van der Waals surface area contributed by atoms with E-state index in [0.717, 1.165) is 24.0 Å². The van der Waals surface area contributed by atoms with Gasteiger partial charge in [-0.1, -0.05) is 36.4 Å². The maximum absolute atomic E-state index is 12.6. The van der Waals surface area contributed by atoms with E-state index in [9.17, 15) is 8.42 Å². The van der Waals surface area contributed by atoms with Gasteiger partial charge >= 0.3 is 0 Å². The Balaban J connectivity index is 1.80. The molecule has 1 aliphatic rings. The molecule has 3 rings (SSSR count). The van der Waals surface area contributed by atoms with Crippen molar-refractivity contribution in [2.24, 2.45) is 5.92 Å². The number of aromatic nitrogens is 1. The van der Waals surface area contributed by atoms with Crippen molar-refractivity contribution in [3.63, 3.8) is 0 Å². The monoisotopic (exact) mass is 358 g/mol. The minimum atomic E-state index is -3.58. The topological polar surface area (TPSA) is 68.3 Å². The maximum Gasteiger partial charge on any atom is 0.234 e. The van der Waals surface area contributed by atoms with Gasteiger partial charge in [-0.05, 0) is 42.0 Å². The first-order valence-corrected chi connectivity index (χ1v) is 9.92. The van der Waals surface area contributed by atoms with Crippen LogP contribution in [0.15, 0.2) is 60.3 Å². The molecule has 2 aromatic rings. The zero-order chi connectivity index (χ0) is 17.5. The molecule has 1 atom stereocenters. The SMILES string of the molecule is O=S(=O)(C=Cc1ccccc1)NC(c1cccnc1)C1CCOCC1. The van der Waals surface area contributed by atoms with Crippen molar-refractivity contribution in [1.82, 2.24) is 9.71 Å². The van der Waals surface area contributed by atoms with E-state index in [1.807, 2.05) is 42.5 Å². The molecule has 0 spiro atoms. The summed E-state index contributed by atoms with van der Waals surface area (Å²) >= 11 is 0. The summed E-state index contributed by atoms with van der Waals surface area (Å²) < 4.78 is 33.4. The Morgan fingerprint density at radius 2 is 1.88 bits per heavy atom. The van der Waals surface area contributed by atoms with Crippen molar-refractivity contribution < 1.29 is 13.2 Å². The predicted octanol–water partition coefficient (Wildman–Crippen LogP) is 3.14. The summed E-state index contributed by atoms with van der Waals surface area (Å²) in [6.07, 6.45) is 6.67. The molecule has 2 heterocycles. The lowest BCUT2D eigenvalue weighted by molar-refractivity contribution is 0.0564. The summed E-state index contributed by atoms with van der Waals surface area (Å²) in [5.74, 6) is 0.192. The zero-order valence-electron chi connectivity index (χ0n) is 13.9. The minimum Gasteiger partial charge on any atom is -0.381 e. The van der Waals surface area contributed by atoms with Crippen LogP contribution >= 0.6 is 0 Å². The standard InChI is InChI=1S/C19H22N2O3S/c22-25(23,14-10-16-5-2-1-3-6-16)21-19(17-8-12-24-13-9-17)18-7-4-11-20-15-18/h1-7,10-11,14-15,17,19,21H,8-9,12-13H2. The van der Waals surface area contributed by atoms with Crippen LogP contribution in [0, 0.1) is 5.92 Å². The fraction of sp³-hybridized carbons (Fsp3) is 0.316. The summed E-state index contributed by atoms with van der Waals surface area (Å²) in [5.41, 5.74) is 1.72. The van der Waals surface area contributed by atoms with E-state index in [-0.39, 0.29) is 12.0 Å². The van der Waals surface area contributed by atoms with E-state index in [4.69, 9.17) is 4.74 Å². The van der Waals surface area contributed by atoms with E-state index in [0.29, 0.717) is 13.2 Å². The summed E-state index contributed by atoms with van der Waals surface area (Å²) in [5, 5.41) is 1.23. The second-order valence-electron chi connectivity index (χ2n) is 6.09. The lowest BCUT2D eigenvalue weighted by Crippen LogP contribution is -2.35. The average Bonchev–Trinajstić information content (AvgIpc) is 2.67. The largest absolute Gasteiger partial charge is 0.381 e. The molecule has 132 valence electrons. The van der Waals surface area contributed by atoms with E-state index < -0.39 is 10.0 Å². The molecule has 1 saturated heterocycles. The van der Waals surface area contributed by atoms with Gasteiger partial charge in [-0.15, -0.1) is 0 Å². The highest BCUT2D eigenvalue weighted by Crippen LogP contribution is 2.30. The Labute approximate surface area is 148 Å². The lowest BCUT2D eigenvalue weighted by Gasteiger charge is -2.30. The van der Waals surface area contributed by atoms with Crippen LogP contribution in [0.25, 0.3) is 6.08 Å². The molecule has 0 radical (unpaired) electrons. The first-order chi connectivity index (χ1) is 12.1. The third-order valence-electron chi connectivity index (χ3n) is 4.31. The molecule has 1 aromatic carbocycles. The van der Waals surface area contributed by atoms with E-state index >= 15 is 0 Å². The van der Waals surface area contributed by atoms with Crippen LogP contribution in [-0.4, -0.2) is 26.6 Å². The summed E-state index contributed by atoms with van der Waals surface area (Å²) in [6, 6.07) is 12.8. The number of sulfonamides is 1. The van der Waals surface area contributed by atoms with Crippen LogP contribution in [0.3, 0.4) is 0 Å². The van der Waals surface area contributed by atoms with Gasteiger partial charge in [0.1, 0.15) is 0 Å². The second-order valence-corrected chi connectivity index (χ2v) is 7.69. The van der Waals surface area contributed by atoms with Crippen molar-refractivity contribution in [3.8, 4) is 0 Å². The zero-order valence-corrected chi connectivity index (χ0v) is 14.7. The molecule has 0 amide bonds. The van der Waals surface area contributed by atoms with E-state index in [1.165, 1.54) is 5.41 Å². The van der Waals surface area contributed by atoms with Gasteiger partial charge in [0.25, 0.3) is 0 Å². The highest BCUT2D eigenvalue weighted by Gasteiger charge is 2.28. The third-order valence-corrected chi connectivity index (χ3v) is 5.39. The predicted molar refractivity (Wildman–Crippen MR) is 98.1 cm³/mol. The number of hydrogen-bond donors (Lipinski definition) is 1. The maximum atomic E-state index is 12.6. The van der Waals surface area contributed by atoms with E-state index in [1.54, 1.807) is 18.5 Å². The second kappa shape index (κ2) is 8.38. The first-order valence-electron chi connectivity index (χ1n) is 8.37. The lowest BCUT2D eigenvalue weighted by atomic mass is 9.88. The first kappa shape index (κ1) is 17.8. The van der Waals surface area contributed by atoms with Gasteiger partial charge in [0.05, 0.1) is 6.04 Å². The molecule has 0 aliphatic carbocycles. The van der Waals surface area contributed by atoms with E-state index in [2.05, 4.69) is 9.71 Å². The smallest absolute Gasteiger partial charge is 0.234 e. The van der Waals surface area contributed by atoms with Gasteiger partial charge in [0, 0.05) is 31.0 Å². The Morgan fingerprint density at radius 3 is 2.56 bits per heavy atom. The number of ether oxygens (including phenoxy) is 1. The van der Waals surface area contributed by atoms with Gasteiger partial charge in [0.2, 0.25) is 10.0 Å². The van der Waals surface area contributed by atoms with Crippen LogP contribution in [0.5, 0.6) is 0 Å². The highest BCUT2D eigenvalue weighted by molar-refractivity contribution is 7.92. The molecule has 1 aliphatic heterocycles. The quantitative estimate of drug-likeness (QED) is 0.861. The number of hydrogen-bond acceptors (Lipinski definition) is 4. The van der Waals surface area contributed by atoms with Crippen molar-refractivity contribution in [2.75, 3.05) is 13.2 Å². The van der Waals surface area contributed by atoms with Gasteiger partial charge in [-0.2, -0.15) is 0 Å². The Morgan fingerprint density at radius 1 is 1.12 bits per heavy atom. The van der Waals surface area contributed by atoms with Crippen LogP contribution in [0.2, 0.25) is 0 Å². The minimum absolute atomic E-state index is 0.192. The third kappa shape index (κ3) is 5.22. The van der Waals surface area contributed by atoms with Gasteiger partial charge < -0.3 is 4.74 Å². The molecule has 1 aromatic heterocycles. The van der Waals surface area contributed by atoms with Crippen LogP contribution < -0.4 is 4.72 Å². The molecule has 1 unspecified atom stereocenters. The van der Waals surface area contributed by atoms with Crippen LogP contribution in [0.1, 0.15) is 30.0 Å². The molecule has 1 N–H and O–H groups in total. The van der Waals surface area contributed by atoms with Crippen molar-refractivity contribution >= 4 is 16.1 Å². The average molecular weight is 358 g/mol. The molecular weight excluding hydrogens is 336 g/mol. The molecule has 0 saturated carbocycles. The number of nitrogens with one attached hydrogen (secondary N) is 1. The van der Waals surface area contributed by atoms with Gasteiger partial charge in [-0.3, -0.25) is 4.98 Å². The van der Waals surface area contributed by atoms with Gasteiger partial charge in [-0.25, -0.2) is 13.1 Å². The van der Waals surface area contributed by atoms with Crippen molar-refractivity contribution in [2.45, 2.75) is 18.9 Å². The molecule has 1 fully saturated rings. The Kier molecular flexibility index (Phi) is 5.96. The van der Waals surface area contributed by atoms with Crippen LogP contribution in [-0.2, 0) is 14.8 Å². The molecule has 25 heavy (non-hydrogen) atoms. The van der Waals surface area contributed by atoms with Gasteiger partial charge in [0.15, 0.2) is 0 Å². The Bertz CT molecular complexity index is 786. The van der Waals surface area contributed by atoms with Crippen molar-refractivity contribution in [3.05, 3.63) is 71.4 Å². The number of pyridine rings is 1. The summed E-state index contributed by atoms with van der Waals surface area (Å²) in [6.45, 7) is 1.31. The number of rotatable bonds is 6. The molecule has 5 nitrogen and oxygen atoms in total. The Hall–Kier alpha value is -2.02. The fourth-order valence-electron chi connectivity index (χ4n) is 2.99. The normalized spacial score (nSPS) is 17.6. The molecule has 6 heteroatoms.